The van der Waals surface area contributed by atoms with E-state index in [9.17, 15) is 9.18 Å². The van der Waals surface area contributed by atoms with E-state index in [0.29, 0.717) is 42.5 Å². The summed E-state index contributed by atoms with van der Waals surface area (Å²) in [5.41, 5.74) is 1.79. The monoisotopic (exact) mass is 405 g/mol. The Hall–Kier alpha value is -3.29. The first kappa shape index (κ1) is 18.7. The first-order valence-electron chi connectivity index (χ1n) is 10.0. The van der Waals surface area contributed by atoms with Crippen LogP contribution < -0.4 is 9.72 Å². The van der Waals surface area contributed by atoms with E-state index in [1.807, 2.05) is 42.5 Å². The number of nitrogens with zero attached hydrogens (tertiary/aromatic N) is 2. The number of carbonyl (C=O) groups is 1. The third kappa shape index (κ3) is 3.42. The number of fused-ring (bicyclic) bond motifs is 2. The fourth-order valence-corrected chi connectivity index (χ4v) is 4.00. The van der Waals surface area contributed by atoms with E-state index < -0.39 is 0 Å². The number of nitrogens with one attached hydrogen (secondary N) is 2. The van der Waals surface area contributed by atoms with Crippen LogP contribution in [-0.2, 0) is 11.3 Å². The lowest BCUT2D eigenvalue weighted by molar-refractivity contribution is -0.515. The highest BCUT2D eigenvalue weighted by Gasteiger charge is 2.28. The number of aromatic amines is 1. The lowest BCUT2D eigenvalue weighted by atomic mass is 10.1. The molecule has 2 aromatic heterocycles. The molecule has 4 aromatic rings. The van der Waals surface area contributed by atoms with E-state index in [0.717, 1.165) is 23.9 Å². The first-order chi connectivity index (χ1) is 14.7. The van der Waals surface area contributed by atoms with Crippen molar-refractivity contribution in [2.75, 3.05) is 31.6 Å². The van der Waals surface area contributed by atoms with Gasteiger partial charge in [-0.2, -0.15) is 4.40 Å². The minimum Gasteiger partial charge on any atom is -0.379 e. The number of pyridine rings is 1. The topological polar surface area (TPSA) is 61.5 Å². The Kier molecular flexibility index (Phi) is 4.90. The quantitative estimate of drug-likeness (QED) is 0.513. The Labute approximate surface area is 172 Å². The maximum Gasteiger partial charge on any atom is 0.351 e. The van der Waals surface area contributed by atoms with Crippen LogP contribution in [0.4, 0.5) is 10.1 Å². The highest BCUT2D eigenvalue weighted by atomic mass is 19.1. The molecule has 3 heterocycles. The number of benzene rings is 2. The summed E-state index contributed by atoms with van der Waals surface area (Å²) in [7, 11) is 0. The van der Waals surface area contributed by atoms with E-state index in [1.165, 1.54) is 6.07 Å². The summed E-state index contributed by atoms with van der Waals surface area (Å²) >= 11 is 0. The van der Waals surface area contributed by atoms with E-state index in [4.69, 9.17) is 4.74 Å². The van der Waals surface area contributed by atoms with Gasteiger partial charge in [0.1, 0.15) is 0 Å². The molecular formula is C23H22FN4O2+. The number of hydrogen-bond acceptors (Lipinski definition) is 3. The van der Waals surface area contributed by atoms with Gasteiger partial charge in [-0.15, -0.1) is 0 Å². The molecule has 0 atom stereocenters. The molecule has 0 saturated carbocycles. The van der Waals surface area contributed by atoms with E-state index in [-0.39, 0.29) is 11.7 Å². The van der Waals surface area contributed by atoms with Crippen molar-refractivity contribution in [2.24, 2.45) is 0 Å². The molecule has 0 unspecified atom stereocenters. The van der Waals surface area contributed by atoms with E-state index >= 15 is 0 Å². The third-order valence-electron chi connectivity index (χ3n) is 5.48. The number of ether oxygens (including phenoxy) is 1. The van der Waals surface area contributed by atoms with Gasteiger partial charge in [-0.25, -0.2) is 9.37 Å². The number of rotatable bonds is 4. The molecule has 1 saturated heterocycles. The van der Waals surface area contributed by atoms with Crippen molar-refractivity contribution < 1.29 is 18.3 Å². The zero-order valence-electron chi connectivity index (χ0n) is 16.4. The molecule has 2 aromatic carbocycles. The number of anilines is 1. The van der Waals surface area contributed by atoms with Crippen LogP contribution in [0.15, 0.2) is 60.8 Å². The van der Waals surface area contributed by atoms with Gasteiger partial charge in [-0.3, -0.25) is 9.69 Å². The summed E-state index contributed by atoms with van der Waals surface area (Å²) in [4.78, 5) is 18.5. The van der Waals surface area contributed by atoms with Crippen LogP contribution in [0.25, 0.3) is 16.3 Å². The van der Waals surface area contributed by atoms with Gasteiger partial charge in [-0.05, 0) is 23.6 Å². The smallest absolute Gasteiger partial charge is 0.351 e. The molecular weight excluding hydrogens is 383 g/mol. The molecule has 1 fully saturated rings. The zero-order valence-corrected chi connectivity index (χ0v) is 16.4. The summed E-state index contributed by atoms with van der Waals surface area (Å²) in [6.45, 7) is 3.38. The van der Waals surface area contributed by atoms with Gasteiger partial charge in [-0.1, -0.05) is 36.4 Å². The SMILES string of the molecule is O=C(Nc1cccc2ccccc12)c1[nH]c(CN2CCOCC2)c2c(F)ccc[n+]12. The number of hydrogen-bond donors (Lipinski definition) is 2. The minimum absolute atomic E-state index is 0.292. The maximum absolute atomic E-state index is 14.7. The van der Waals surface area contributed by atoms with Crippen molar-refractivity contribution in [2.45, 2.75) is 6.54 Å². The second-order valence-corrected chi connectivity index (χ2v) is 7.40. The second kappa shape index (κ2) is 7.85. The summed E-state index contributed by atoms with van der Waals surface area (Å²) in [6, 6.07) is 16.7. The van der Waals surface area contributed by atoms with Crippen molar-refractivity contribution in [1.29, 1.82) is 0 Å². The van der Waals surface area contributed by atoms with Crippen LogP contribution in [0.5, 0.6) is 0 Å². The van der Waals surface area contributed by atoms with E-state index in [1.54, 1.807) is 16.7 Å². The number of aromatic nitrogens is 2. The molecule has 0 aliphatic carbocycles. The summed E-state index contributed by atoms with van der Waals surface area (Å²) < 4.78 is 21.7. The Bertz CT molecular complexity index is 1230. The average Bonchev–Trinajstić information content (AvgIpc) is 3.14. The number of halogens is 1. The molecule has 6 nitrogen and oxygen atoms in total. The van der Waals surface area contributed by atoms with Crippen molar-refractivity contribution in [3.63, 3.8) is 0 Å². The van der Waals surface area contributed by atoms with Crippen LogP contribution in [0, 0.1) is 5.82 Å². The van der Waals surface area contributed by atoms with Crippen molar-refractivity contribution in [1.82, 2.24) is 9.88 Å². The molecule has 1 aliphatic rings. The van der Waals surface area contributed by atoms with Crippen LogP contribution in [0.1, 0.15) is 16.3 Å². The molecule has 7 heteroatoms. The highest BCUT2D eigenvalue weighted by Crippen LogP contribution is 2.23. The van der Waals surface area contributed by atoms with Gasteiger partial charge in [0.25, 0.3) is 0 Å². The predicted molar refractivity (Wildman–Crippen MR) is 112 cm³/mol. The van der Waals surface area contributed by atoms with Crippen LogP contribution >= 0.6 is 0 Å². The van der Waals surface area contributed by atoms with Gasteiger partial charge < -0.3 is 10.1 Å². The lowest BCUT2D eigenvalue weighted by Crippen LogP contribution is -2.36. The van der Waals surface area contributed by atoms with Crippen molar-refractivity contribution in [3.8, 4) is 0 Å². The number of H-pyrrole nitrogens is 1. The normalized spacial score (nSPS) is 15.0. The standard InChI is InChI=1S/C23H21FN4O2/c24-18-8-4-10-28-21(18)20(15-27-11-13-30-14-12-27)25-22(28)23(29)26-19-9-3-6-16-5-1-2-7-17(16)19/h1-10H,11-15H2,(H,26,29)/p+1. The molecule has 0 bridgehead atoms. The Morgan fingerprint density at radius 1 is 1.10 bits per heavy atom. The Morgan fingerprint density at radius 2 is 1.90 bits per heavy atom. The summed E-state index contributed by atoms with van der Waals surface area (Å²) in [6.07, 6.45) is 1.70. The van der Waals surface area contributed by atoms with Gasteiger partial charge in [0.15, 0.2) is 11.5 Å². The van der Waals surface area contributed by atoms with Gasteiger partial charge >= 0.3 is 11.7 Å². The molecule has 0 radical (unpaired) electrons. The summed E-state index contributed by atoms with van der Waals surface area (Å²) in [5, 5.41) is 4.98. The molecule has 2 N–H and O–H groups in total. The van der Waals surface area contributed by atoms with Gasteiger partial charge in [0, 0.05) is 24.2 Å². The van der Waals surface area contributed by atoms with Crippen LogP contribution in [0.2, 0.25) is 0 Å². The fraction of sp³-hybridized carbons (Fsp3) is 0.217. The highest BCUT2D eigenvalue weighted by molar-refractivity contribution is 6.07. The van der Waals surface area contributed by atoms with Crippen LogP contribution in [0.3, 0.4) is 0 Å². The lowest BCUT2D eigenvalue weighted by Gasteiger charge is -2.25. The molecule has 152 valence electrons. The van der Waals surface area contributed by atoms with Crippen LogP contribution in [-0.4, -0.2) is 42.1 Å². The van der Waals surface area contributed by atoms with Crippen molar-refractivity contribution in [3.05, 3.63) is 78.1 Å². The number of morpholine rings is 1. The zero-order chi connectivity index (χ0) is 20.5. The minimum atomic E-state index is -0.360. The largest absolute Gasteiger partial charge is 0.379 e. The number of imidazole rings is 1. The van der Waals surface area contributed by atoms with Gasteiger partial charge in [0.05, 0.1) is 26.0 Å². The average molecular weight is 405 g/mol. The number of amides is 1. The Morgan fingerprint density at radius 3 is 2.77 bits per heavy atom. The third-order valence-corrected chi connectivity index (χ3v) is 5.48. The second-order valence-electron chi connectivity index (χ2n) is 7.40. The number of carbonyl (C=O) groups excluding carboxylic acids is 1. The Balaban J connectivity index is 1.52. The van der Waals surface area contributed by atoms with E-state index in [2.05, 4.69) is 15.2 Å². The fourth-order valence-electron chi connectivity index (χ4n) is 4.00. The molecule has 0 spiro atoms. The van der Waals surface area contributed by atoms with Crippen molar-refractivity contribution >= 4 is 27.9 Å². The molecule has 5 rings (SSSR count). The summed E-state index contributed by atoms with van der Waals surface area (Å²) in [5.74, 6) is -0.387. The molecule has 1 amide bonds. The first-order valence-corrected chi connectivity index (χ1v) is 10.0. The van der Waals surface area contributed by atoms with Gasteiger partial charge in [0.2, 0.25) is 5.52 Å². The predicted octanol–water partition coefficient (Wildman–Crippen LogP) is 3.13. The molecule has 30 heavy (non-hydrogen) atoms. The molecule has 1 aliphatic heterocycles. The maximum atomic E-state index is 14.7.